The Bertz CT molecular complexity index is 1030. The number of rotatable bonds is 5. The molecule has 1 heterocycles. The van der Waals surface area contributed by atoms with Crippen LogP contribution in [0, 0.1) is 0 Å². The molecule has 2 N–H and O–H groups in total. The Kier molecular flexibility index (Phi) is 5.22. The van der Waals surface area contributed by atoms with Crippen molar-refractivity contribution < 1.29 is 13.6 Å². The third-order valence-corrected chi connectivity index (χ3v) is 4.79. The predicted octanol–water partition coefficient (Wildman–Crippen LogP) is 3.13. The lowest BCUT2D eigenvalue weighted by Crippen LogP contribution is -2.19. The molecule has 0 aliphatic rings. The number of pyridine rings is 1. The molecular weight excluding hydrogens is 374 g/mol. The lowest BCUT2D eigenvalue weighted by atomic mass is 10.0. The van der Waals surface area contributed by atoms with Gasteiger partial charge in [-0.25, -0.2) is 0 Å². The zero-order valence-corrected chi connectivity index (χ0v) is 15.4. The zero-order valence-electron chi connectivity index (χ0n) is 13.8. The van der Waals surface area contributed by atoms with E-state index < -0.39 is 17.0 Å². The van der Waals surface area contributed by atoms with Gasteiger partial charge in [-0.2, -0.15) is 0 Å². The Morgan fingerprint density at radius 1 is 1.31 bits per heavy atom. The minimum absolute atomic E-state index is 0.128. The first-order valence-corrected chi connectivity index (χ1v) is 9.25. The summed E-state index contributed by atoms with van der Waals surface area (Å²) < 4.78 is 22.1. The Hall–Kier alpha value is -2.48. The number of hydrogen-bond donors (Lipinski definition) is 1. The third kappa shape index (κ3) is 3.70. The number of amides is 1. The van der Waals surface area contributed by atoms with Crippen LogP contribution >= 0.6 is 11.6 Å². The first-order valence-electron chi connectivity index (χ1n) is 7.63. The van der Waals surface area contributed by atoms with Crippen molar-refractivity contribution in [2.24, 2.45) is 5.73 Å². The van der Waals surface area contributed by atoms with Gasteiger partial charge in [-0.1, -0.05) is 34.8 Å². The second-order valence-corrected chi connectivity index (χ2v) is 7.06. The van der Waals surface area contributed by atoms with Gasteiger partial charge in [0, 0.05) is 35.1 Å². The number of nitrogens with two attached hydrogens (primary N) is 1. The first-order chi connectivity index (χ1) is 12.4. The molecule has 134 valence electrons. The highest BCUT2D eigenvalue weighted by Gasteiger charge is 2.18. The van der Waals surface area contributed by atoms with E-state index in [-0.39, 0.29) is 11.3 Å². The zero-order chi connectivity index (χ0) is 18.8. The lowest BCUT2D eigenvalue weighted by Gasteiger charge is -2.24. The molecule has 3 aromatic rings. The summed E-state index contributed by atoms with van der Waals surface area (Å²) >= 11 is 3.86. The number of benzene rings is 2. The maximum absolute atomic E-state index is 12.0. The number of carbonyl (C=O) groups is 1. The fraction of sp³-hybridized carbons (Fsp3) is 0.111. The van der Waals surface area contributed by atoms with Crippen molar-refractivity contribution in [2.45, 2.75) is 5.75 Å². The second kappa shape index (κ2) is 7.41. The van der Waals surface area contributed by atoms with E-state index in [4.69, 9.17) is 17.3 Å². The minimum atomic E-state index is -2.22. The van der Waals surface area contributed by atoms with Crippen LogP contribution in [0.5, 0.6) is 0 Å². The molecule has 2 aromatic carbocycles. The highest BCUT2D eigenvalue weighted by Crippen LogP contribution is 2.35. The van der Waals surface area contributed by atoms with Crippen LogP contribution in [0.25, 0.3) is 10.9 Å². The lowest BCUT2D eigenvalue weighted by molar-refractivity contribution is 0.100. The highest BCUT2D eigenvalue weighted by atomic mass is 35.5. The molecule has 1 amide bonds. The highest BCUT2D eigenvalue weighted by molar-refractivity contribution is 7.78. The van der Waals surface area contributed by atoms with E-state index in [0.717, 1.165) is 5.69 Å². The summed E-state index contributed by atoms with van der Waals surface area (Å²) in [5.41, 5.74) is 8.29. The van der Waals surface area contributed by atoms with Crippen molar-refractivity contribution in [1.29, 1.82) is 0 Å². The van der Waals surface area contributed by atoms with Gasteiger partial charge in [0.15, 0.2) is 0 Å². The summed E-state index contributed by atoms with van der Waals surface area (Å²) in [4.78, 5) is 18.0. The number of hydrogen-bond acceptors (Lipinski definition) is 5. The van der Waals surface area contributed by atoms with Crippen LogP contribution in [0.15, 0.2) is 48.7 Å². The smallest absolute Gasteiger partial charge is 0.252 e. The van der Waals surface area contributed by atoms with Gasteiger partial charge in [-0.15, -0.1) is 0 Å². The summed E-state index contributed by atoms with van der Waals surface area (Å²) in [6, 6.07) is 12.3. The largest absolute Gasteiger partial charge is 0.772 e. The number of halogens is 1. The molecule has 0 bridgehead atoms. The Balaban J connectivity index is 2.26. The monoisotopic (exact) mass is 388 g/mol. The summed E-state index contributed by atoms with van der Waals surface area (Å²) in [6.45, 7) is 0. The molecule has 0 fully saturated rings. The molecule has 1 aromatic heterocycles. The van der Waals surface area contributed by atoms with Gasteiger partial charge in [0.25, 0.3) is 5.91 Å². The van der Waals surface area contributed by atoms with Crippen molar-refractivity contribution >= 4 is 50.9 Å². The number of nitrogens with zero attached hydrogens (tertiary/aromatic N) is 2. The Morgan fingerprint density at radius 3 is 2.73 bits per heavy atom. The quantitative estimate of drug-likeness (QED) is 0.677. The van der Waals surface area contributed by atoms with Crippen LogP contribution < -0.4 is 10.6 Å². The normalized spacial score (nSPS) is 12.1. The van der Waals surface area contributed by atoms with Gasteiger partial charge < -0.3 is 15.2 Å². The van der Waals surface area contributed by atoms with Gasteiger partial charge in [0.2, 0.25) is 0 Å². The molecule has 8 heteroatoms. The van der Waals surface area contributed by atoms with Crippen LogP contribution in [-0.4, -0.2) is 26.7 Å². The van der Waals surface area contributed by atoms with Crippen LogP contribution in [0.3, 0.4) is 0 Å². The molecule has 0 radical (unpaired) electrons. The molecule has 0 aliphatic heterocycles. The average molecular weight is 389 g/mol. The van der Waals surface area contributed by atoms with Gasteiger partial charge >= 0.3 is 0 Å². The number of aromatic nitrogens is 1. The fourth-order valence-electron chi connectivity index (χ4n) is 2.81. The van der Waals surface area contributed by atoms with Gasteiger partial charge in [-0.05, 0) is 35.9 Å². The van der Waals surface area contributed by atoms with E-state index in [9.17, 15) is 13.6 Å². The Labute approximate surface area is 157 Å². The molecule has 0 saturated heterocycles. The fourth-order valence-corrected chi connectivity index (χ4v) is 3.44. The Morgan fingerprint density at radius 2 is 2.08 bits per heavy atom. The van der Waals surface area contributed by atoms with Crippen LogP contribution in [0.2, 0.25) is 5.02 Å². The SMILES string of the molecule is CN(c1cccc(Cl)c1)c1c(C(N)=O)cnc2ccc(CS(=O)[O-])cc12. The predicted molar refractivity (Wildman–Crippen MR) is 102 cm³/mol. The molecule has 6 nitrogen and oxygen atoms in total. The van der Waals surface area contributed by atoms with E-state index in [0.29, 0.717) is 27.2 Å². The molecule has 1 atom stereocenters. The number of fused-ring (bicyclic) bond motifs is 1. The molecule has 0 saturated carbocycles. The van der Waals surface area contributed by atoms with Crippen molar-refractivity contribution in [2.75, 3.05) is 11.9 Å². The average Bonchev–Trinajstić information content (AvgIpc) is 2.59. The van der Waals surface area contributed by atoms with Crippen molar-refractivity contribution in [1.82, 2.24) is 4.98 Å². The van der Waals surface area contributed by atoms with Crippen LogP contribution in [0.4, 0.5) is 11.4 Å². The molecular formula is C18H15ClN3O3S-. The summed E-state index contributed by atoms with van der Waals surface area (Å²) in [7, 11) is 1.78. The molecule has 0 aliphatic carbocycles. The minimum Gasteiger partial charge on any atom is -0.772 e. The van der Waals surface area contributed by atoms with E-state index in [1.165, 1.54) is 6.20 Å². The molecule has 26 heavy (non-hydrogen) atoms. The summed E-state index contributed by atoms with van der Waals surface area (Å²) in [5, 5.41) is 1.18. The second-order valence-electron chi connectivity index (χ2n) is 5.72. The van der Waals surface area contributed by atoms with Gasteiger partial charge in [0.1, 0.15) is 0 Å². The van der Waals surface area contributed by atoms with Gasteiger partial charge in [-0.3, -0.25) is 14.0 Å². The number of primary amides is 1. The summed E-state index contributed by atoms with van der Waals surface area (Å²) in [5.74, 6) is -0.752. The molecule has 1 unspecified atom stereocenters. The topological polar surface area (TPSA) is 99.3 Å². The van der Waals surface area contributed by atoms with Gasteiger partial charge in [0.05, 0.1) is 16.8 Å². The van der Waals surface area contributed by atoms with E-state index >= 15 is 0 Å². The van der Waals surface area contributed by atoms with Crippen LogP contribution in [0.1, 0.15) is 15.9 Å². The number of carbonyl (C=O) groups excluding carboxylic acids is 1. The van der Waals surface area contributed by atoms with Crippen molar-refractivity contribution in [3.63, 3.8) is 0 Å². The standard InChI is InChI=1S/C18H16ClN3O3S/c1-22(13-4-2-3-12(19)8-13)17-14-7-11(10-26(24)25)5-6-16(14)21-9-15(17)18(20)23/h2-9H,10H2,1H3,(H2,20,23)(H,24,25)/p-1. The summed E-state index contributed by atoms with van der Waals surface area (Å²) in [6.07, 6.45) is 1.42. The third-order valence-electron chi connectivity index (χ3n) is 3.98. The molecule has 0 spiro atoms. The molecule has 3 rings (SSSR count). The van der Waals surface area contributed by atoms with E-state index in [2.05, 4.69) is 4.98 Å². The maximum atomic E-state index is 12.0. The van der Waals surface area contributed by atoms with Crippen molar-refractivity contribution in [3.05, 3.63) is 64.8 Å². The van der Waals surface area contributed by atoms with Crippen molar-refractivity contribution in [3.8, 4) is 0 Å². The van der Waals surface area contributed by atoms with Crippen LogP contribution in [-0.2, 0) is 16.8 Å². The maximum Gasteiger partial charge on any atom is 0.252 e. The van der Waals surface area contributed by atoms with E-state index in [1.807, 2.05) is 6.07 Å². The number of anilines is 2. The van der Waals surface area contributed by atoms with E-state index in [1.54, 1.807) is 48.3 Å². The first kappa shape index (κ1) is 18.3.